The summed E-state index contributed by atoms with van der Waals surface area (Å²) in [4.78, 5) is 25.3. The fourth-order valence-electron chi connectivity index (χ4n) is 3.13. The highest BCUT2D eigenvalue weighted by Crippen LogP contribution is 2.25. The van der Waals surface area contributed by atoms with Crippen molar-refractivity contribution in [3.05, 3.63) is 35.6 Å². The number of piperidine rings is 1. The number of halogens is 1. The summed E-state index contributed by atoms with van der Waals surface area (Å²) in [7, 11) is 0. The minimum absolute atomic E-state index is 0.0138. The van der Waals surface area contributed by atoms with Gasteiger partial charge in [-0.25, -0.2) is 4.39 Å². The average Bonchev–Trinajstić information content (AvgIpc) is 2.45. The van der Waals surface area contributed by atoms with Gasteiger partial charge in [0.1, 0.15) is 5.82 Å². The SMILES string of the molecule is CC(Cc1cccc(F)c1)C(=O)N1CCC(C(=O)O)C(C)C1. The van der Waals surface area contributed by atoms with E-state index < -0.39 is 5.97 Å². The Bertz CT molecular complexity index is 561. The molecule has 2 rings (SSSR count). The van der Waals surface area contributed by atoms with Gasteiger partial charge >= 0.3 is 5.97 Å². The topological polar surface area (TPSA) is 57.6 Å². The summed E-state index contributed by atoms with van der Waals surface area (Å²) in [5.74, 6) is -1.73. The largest absolute Gasteiger partial charge is 0.481 e. The van der Waals surface area contributed by atoms with Gasteiger partial charge in [0.25, 0.3) is 0 Å². The Labute approximate surface area is 129 Å². The molecule has 22 heavy (non-hydrogen) atoms. The van der Waals surface area contributed by atoms with Gasteiger partial charge in [-0.3, -0.25) is 9.59 Å². The highest BCUT2D eigenvalue weighted by atomic mass is 19.1. The van der Waals surface area contributed by atoms with Crippen molar-refractivity contribution in [2.75, 3.05) is 13.1 Å². The van der Waals surface area contributed by atoms with Gasteiger partial charge < -0.3 is 10.0 Å². The second-order valence-electron chi connectivity index (χ2n) is 6.23. The van der Waals surface area contributed by atoms with Gasteiger partial charge in [0, 0.05) is 19.0 Å². The Kier molecular flexibility index (Phi) is 5.16. The third kappa shape index (κ3) is 3.84. The van der Waals surface area contributed by atoms with Gasteiger partial charge in [0.15, 0.2) is 0 Å². The zero-order chi connectivity index (χ0) is 16.3. The van der Waals surface area contributed by atoms with E-state index in [4.69, 9.17) is 5.11 Å². The number of carbonyl (C=O) groups excluding carboxylic acids is 1. The maximum atomic E-state index is 13.2. The van der Waals surface area contributed by atoms with E-state index in [9.17, 15) is 14.0 Å². The van der Waals surface area contributed by atoms with Crippen molar-refractivity contribution in [3.8, 4) is 0 Å². The van der Waals surface area contributed by atoms with Crippen LogP contribution in [-0.2, 0) is 16.0 Å². The zero-order valence-corrected chi connectivity index (χ0v) is 13.0. The summed E-state index contributed by atoms with van der Waals surface area (Å²) in [6, 6.07) is 6.28. The lowest BCUT2D eigenvalue weighted by atomic mass is 9.86. The maximum absolute atomic E-state index is 13.2. The Morgan fingerprint density at radius 3 is 2.77 bits per heavy atom. The van der Waals surface area contributed by atoms with E-state index in [-0.39, 0.29) is 29.5 Å². The van der Waals surface area contributed by atoms with E-state index in [1.165, 1.54) is 12.1 Å². The monoisotopic (exact) mass is 307 g/mol. The van der Waals surface area contributed by atoms with Gasteiger partial charge in [0.05, 0.1) is 5.92 Å². The van der Waals surface area contributed by atoms with E-state index in [0.29, 0.717) is 25.9 Å². The van der Waals surface area contributed by atoms with Gasteiger partial charge in [-0.15, -0.1) is 0 Å². The molecule has 5 heteroatoms. The van der Waals surface area contributed by atoms with Crippen LogP contribution in [0.25, 0.3) is 0 Å². The predicted octanol–water partition coefficient (Wildman–Crippen LogP) is 2.57. The van der Waals surface area contributed by atoms with Crippen LogP contribution >= 0.6 is 0 Å². The highest BCUT2D eigenvalue weighted by Gasteiger charge is 2.34. The molecule has 1 aromatic carbocycles. The molecule has 1 aliphatic rings. The number of amides is 1. The van der Waals surface area contributed by atoms with Gasteiger partial charge in [0.2, 0.25) is 5.91 Å². The molecular weight excluding hydrogens is 285 g/mol. The predicted molar refractivity (Wildman–Crippen MR) is 80.8 cm³/mol. The van der Waals surface area contributed by atoms with Gasteiger partial charge in [-0.05, 0) is 36.5 Å². The fraction of sp³-hybridized carbons (Fsp3) is 0.529. The average molecular weight is 307 g/mol. The molecular formula is C17H22FNO3. The number of carboxylic acids is 1. The summed E-state index contributed by atoms with van der Waals surface area (Å²) in [5, 5.41) is 9.12. The molecule has 0 aromatic heterocycles. The number of benzene rings is 1. The summed E-state index contributed by atoms with van der Waals surface area (Å²) in [6.45, 7) is 4.66. The number of carbonyl (C=O) groups is 2. The van der Waals surface area contributed by atoms with Crippen molar-refractivity contribution in [2.45, 2.75) is 26.7 Å². The molecule has 0 aliphatic carbocycles. The first-order chi connectivity index (χ1) is 10.4. The molecule has 0 radical (unpaired) electrons. The first-order valence-electron chi connectivity index (χ1n) is 7.64. The van der Waals surface area contributed by atoms with E-state index in [0.717, 1.165) is 5.56 Å². The Morgan fingerprint density at radius 1 is 1.45 bits per heavy atom. The molecule has 1 aliphatic heterocycles. The first kappa shape index (κ1) is 16.5. The molecule has 1 saturated heterocycles. The summed E-state index contributed by atoms with van der Waals surface area (Å²) in [5.41, 5.74) is 0.800. The number of rotatable bonds is 4. The number of aliphatic carboxylic acids is 1. The fourth-order valence-corrected chi connectivity index (χ4v) is 3.13. The summed E-state index contributed by atoms with van der Waals surface area (Å²) < 4.78 is 13.2. The molecule has 120 valence electrons. The molecule has 0 saturated carbocycles. The summed E-state index contributed by atoms with van der Waals surface area (Å²) >= 11 is 0. The van der Waals surface area contributed by atoms with Crippen LogP contribution in [0.5, 0.6) is 0 Å². The molecule has 4 nitrogen and oxygen atoms in total. The van der Waals surface area contributed by atoms with Crippen LogP contribution < -0.4 is 0 Å². The van der Waals surface area contributed by atoms with Crippen LogP contribution in [0.4, 0.5) is 4.39 Å². The van der Waals surface area contributed by atoms with Crippen LogP contribution in [0.15, 0.2) is 24.3 Å². The Balaban J connectivity index is 1.95. The van der Waals surface area contributed by atoms with Crippen LogP contribution in [0.3, 0.4) is 0 Å². The molecule has 3 unspecified atom stereocenters. The van der Waals surface area contributed by atoms with E-state index in [1.807, 2.05) is 19.9 Å². The molecule has 0 spiro atoms. The first-order valence-corrected chi connectivity index (χ1v) is 7.64. The lowest BCUT2D eigenvalue weighted by Gasteiger charge is -2.36. The normalized spacial score (nSPS) is 23.1. The van der Waals surface area contributed by atoms with E-state index in [2.05, 4.69) is 0 Å². The standard InChI is InChI=1S/C17H22FNO3/c1-11(8-13-4-3-5-14(18)9-13)16(20)19-7-6-15(17(21)22)12(2)10-19/h3-5,9,11-12,15H,6-8,10H2,1-2H3,(H,21,22). The Morgan fingerprint density at radius 2 is 2.18 bits per heavy atom. The van der Waals surface area contributed by atoms with Crippen molar-refractivity contribution in [1.82, 2.24) is 4.90 Å². The third-order valence-electron chi connectivity index (χ3n) is 4.39. The minimum Gasteiger partial charge on any atom is -0.481 e. The third-order valence-corrected chi connectivity index (χ3v) is 4.39. The molecule has 1 heterocycles. The van der Waals surface area contributed by atoms with Crippen molar-refractivity contribution in [3.63, 3.8) is 0 Å². The van der Waals surface area contributed by atoms with Crippen LogP contribution in [0.2, 0.25) is 0 Å². The van der Waals surface area contributed by atoms with Gasteiger partial charge in [-0.2, -0.15) is 0 Å². The maximum Gasteiger partial charge on any atom is 0.306 e. The molecule has 3 atom stereocenters. The number of nitrogens with zero attached hydrogens (tertiary/aromatic N) is 1. The Hall–Kier alpha value is -1.91. The number of carboxylic acid groups (broad SMARTS) is 1. The highest BCUT2D eigenvalue weighted by molar-refractivity contribution is 5.79. The molecule has 1 fully saturated rings. The van der Waals surface area contributed by atoms with Crippen molar-refractivity contribution < 1.29 is 19.1 Å². The van der Waals surface area contributed by atoms with Crippen molar-refractivity contribution in [2.24, 2.45) is 17.8 Å². The number of likely N-dealkylation sites (tertiary alicyclic amines) is 1. The second kappa shape index (κ2) is 6.90. The van der Waals surface area contributed by atoms with Crippen LogP contribution in [-0.4, -0.2) is 35.0 Å². The smallest absolute Gasteiger partial charge is 0.306 e. The quantitative estimate of drug-likeness (QED) is 0.930. The van der Waals surface area contributed by atoms with Crippen molar-refractivity contribution >= 4 is 11.9 Å². The summed E-state index contributed by atoms with van der Waals surface area (Å²) in [6.07, 6.45) is 0.985. The lowest BCUT2D eigenvalue weighted by Crippen LogP contribution is -2.47. The van der Waals surface area contributed by atoms with Crippen molar-refractivity contribution in [1.29, 1.82) is 0 Å². The molecule has 1 amide bonds. The minimum atomic E-state index is -0.785. The molecule has 1 N–H and O–H groups in total. The number of hydrogen-bond donors (Lipinski definition) is 1. The van der Waals surface area contributed by atoms with Crippen LogP contribution in [0, 0.1) is 23.6 Å². The molecule has 1 aromatic rings. The zero-order valence-electron chi connectivity index (χ0n) is 13.0. The second-order valence-corrected chi connectivity index (χ2v) is 6.23. The lowest BCUT2D eigenvalue weighted by molar-refractivity contribution is -0.149. The van der Waals surface area contributed by atoms with E-state index >= 15 is 0 Å². The molecule has 0 bridgehead atoms. The van der Waals surface area contributed by atoms with E-state index in [1.54, 1.807) is 11.0 Å². The van der Waals surface area contributed by atoms with Crippen LogP contribution in [0.1, 0.15) is 25.8 Å². The number of hydrogen-bond acceptors (Lipinski definition) is 2. The van der Waals surface area contributed by atoms with Gasteiger partial charge in [-0.1, -0.05) is 26.0 Å².